The zero-order valence-electron chi connectivity index (χ0n) is 10.6. The summed E-state index contributed by atoms with van der Waals surface area (Å²) in [6.45, 7) is 0.479. The third-order valence-corrected chi connectivity index (χ3v) is 4.06. The van der Waals surface area contributed by atoms with Crippen LogP contribution in [0.2, 0.25) is 0 Å². The molecule has 0 bridgehead atoms. The van der Waals surface area contributed by atoms with Crippen LogP contribution in [0.3, 0.4) is 0 Å². The van der Waals surface area contributed by atoms with Crippen molar-refractivity contribution in [3.8, 4) is 0 Å². The minimum atomic E-state index is -1.19. The van der Waals surface area contributed by atoms with Gasteiger partial charge in [-0.1, -0.05) is 25.7 Å². The average molecular weight is 255 g/mol. The highest BCUT2D eigenvalue weighted by Crippen LogP contribution is 2.28. The first-order valence-corrected chi connectivity index (χ1v) is 6.74. The molecule has 1 amide bonds. The molecule has 5 heteroatoms. The van der Waals surface area contributed by atoms with E-state index in [9.17, 15) is 14.7 Å². The lowest BCUT2D eigenvalue weighted by atomic mass is 9.97. The lowest BCUT2D eigenvalue weighted by Crippen LogP contribution is -2.55. The van der Waals surface area contributed by atoms with Crippen molar-refractivity contribution in [3.05, 3.63) is 0 Å². The average Bonchev–Trinajstić information content (AvgIpc) is 2.97. The molecule has 0 spiro atoms. The van der Waals surface area contributed by atoms with Crippen LogP contribution in [0.5, 0.6) is 0 Å². The van der Waals surface area contributed by atoms with Crippen molar-refractivity contribution in [2.45, 2.75) is 50.5 Å². The minimum absolute atomic E-state index is 0.0809. The Morgan fingerprint density at radius 2 is 2.06 bits per heavy atom. The smallest absolute Gasteiger partial charge is 0.331 e. The second kappa shape index (κ2) is 5.69. The summed E-state index contributed by atoms with van der Waals surface area (Å²) in [7, 11) is 0. The molecule has 1 saturated heterocycles. The molecule has 1 aliphatic heterocycles. The normalized spacial score (nSPS) is 28.4. The molecule has 2 rings (SSSR count). The van der Waals surface area contributed by atoms with Gasteiger partial charge in [-0.2, -0.15) is 0 Å². The van der Waals surface area contributed by atoms with Crippen LogP contribution in [0.25, 0.3) is 0 Å². The molecule has 0 aromatic rings. The fourth-order valence-corrected chi connectivity index (χ4v) is 2.85. The van der Waals surface area contributed by atoms with E-state index in [0.29, 0.717) is 25.4 Å². The SMILES string of the molecule is O=C(CCC1CCCC1)NC1(C(=O)O)CCOC1. The first kappa shape index (κ1) is 13.3. The number of carboxylic acids is 1. The Morgan fingerprint density at radius 1 is 1.33 bits per heavy atom. The van der Waals surface area contributed by atoms with E-state index < -0.39 is 11.5 Å². The summed E-state index contributed by atoms with van der Waals surface area (Å²) in [6, 6.07) is 0. The zero-order valence-corrected chi connectivity index (χ0v) is 10.6. The van der Waals surface area contributed by atoms with E-state index in [2.05, 4.69) is 5.32 Å². The van der Waals surface area contributed by atoms with E-state index in [0.717, 1.165) is 6.42 Å². The van der Waals surface area contributed by atoms with Crippen molar-refractivity contribution in [2.24, 2.45) is 5.92 Å². The second-order valence-electron chi connectivity index (χ2n) is 5.43. The summed E-state index contributed by atoms with van der Waals surface area (Å²) >= 11 is 0. The maximum Gasteiger partial charge on any atom is 0.331 e. The van der Waals surface area contributed by atoms with E-state index in [-0.39, 0.29) is 12.5 Å². The number of carbonyl (C=O) groups excluding carboxylic acids is 1. The van der Waals surface area contributed by atoms with Crippen LogP contribution in [-0.4, -0.2) is 35.7 Å². The molecule has 0 aromatic carbocycles. The summed E-state index contributed by atoms with van der Waals surface area (Å²) < 4.78 is 5.11. The van der Waals surface area contributed by atoms with Crippen LogP contribution in [0.4, 0.5) is 0 Å². The summed E-state index contributed by atoms with van der Waals surface area (Å²) in [6.07, 6.45) is 6.61. The Labute approximate surface area is 107 Å². The molecule has 2 N–H and O–H groups in total. The summed E-state index contributed by atoms with van der Waals surface area (Å²) in [5.74, 6) is -0.500. The van der Waals surface area contributed by atoms with Gasteiger partial charge >= 0.3 is 5.97 Å². The Kier molecular flexibility index (Phi) is 4.22. The molecule has 1 unspecified atom stereocenters. The standard InChI is InChI=1S/C13H21NO4/c15-11(6-5-10-3-1-2-4-10)14-13(12(16)17)7-8-18-9-13/h10H,1-9H2,(H,14,15)(H,16,17). The maximum absolute atomic E-state index is 11.8. The number of hydrogen-bond donors (Lipinski definition) is 2. The number of rotatable bonds is 5. The zero-order chi connectivity index (χ0) is 13.0. The molecule has 2 aliphatic rings. The van der Waals surface area contributed by atoms with Gasteiger partial charge in [-0.05, 0) is 12.3 Å². The number of amides is 1. The predicted octanol–water partition coefficient (Wildman–Crippen LogP) is 1.32. The van der Waals surface area contributed by atoms with Crippen LogP contribution in [0.15, 0.2) is 0 Å². The molecule has 102 valence electrons. The number of carboxylic acid groups (broad SMARTS) is 1. The Morgan fingerprint density at radius 3 is 2.61 bits per heavy atom. The lowest BCUT2D eigenvalue weighted by Gasteiger charge is -2.24. The largest absolute Gasteiger partial charge is 0.479 e. The molecular weight excluding hydrogens is 234 g/mol. The molecule has 1 saturated carbocycles. The molecule has 0 radical (unpaired) electrons. The topological polar surface area (TPSA) is 75.6 Å². The van der Waals surface area contributed by atoms with Crippen molar-refractivity contribution in [1.82, 2.24) is 5.32 Å². The Balaban J connectivity index is 1.80. The quantitative estimate of drug-likeness (QED) is 0.776. The van der Waals surface area contributed by atoms with Gasteiger partial charge in [0.15, 0.2) is 5.54 Å². The predicted molar refractivity (Wildman–Crippen MR) is 65.1 cm³/mol. The highest BCUT2D eigenvalue weighted by Gasteiger charge is 2.43. The van der Waals surface area contributed by atoms with Gasteiger partial charge < -0.3 is 15.2 Å². The van der Waals surface area contributed by atoms with Gasteiger partial charge in [0.2, 0.25) is 5.91 Å². The molecule has 1 heterocycles. The molecule has 1 atom stereocenters. The molecule has 18 heavy (non-hydrogen) atoms. The summed E-state index contributed by atoms with van der Waals surface area (Å²) in [5, 5.41) is 11.8. The molecule has 1 aliphatic carbocycles. The fourth-order valence-electron chi connectivity index (χ4n) is 2.85. The van der Waals surface area contributed by atoms with Crippen molar-refractivity contribution in [2.75, 3.05) is 13.2 Å². The fraction of sp³-hybridized carbons (Fsp3) is 0.846. The van der Waals surface area contributed by atoms with Gasteiger partial charge in [0, 0.05) is 19.4 Å². The number of carbonyl (C=O) groups is 2. The van der Waals surface area contributed by atoms with Crippen molar-refractivity contribution in [1.29, 1.82) is 0 Å². The van der Waals surface area contributed by atoms with Gasteiger partial charge in [-0.25, -0.2) is 4.79 Å². The number of ether oxygens (including phenoxy) is 1. The van der Waals surface area contributed by atoms with Gasteiger partial charge in [-0.15, -0.1) is 0 Å². The van der Waals surface area contributed by atoms with Gasteiger partial charge in [0.1, 0.15) is 0 Å². The maximum atomic E-state index is 11.8. The highest BCUT2D eigenvalue weighted by atomic mass is 16.5. The summed E-state index contributed by atoms with van der Waals surface area (Å²) in [5.41, 5.74) is -1.19. The first-order valence-electron chi connectivity index (χ1n) is 6.74. The Bertz CT molecular complexity index is 317. The van der Waals surface area contributed by atoms with E-state index >= 15 is 0 Å². The van der Waals surface area contributed by atoms with E-state index in [1.807, 2.05) is 0 Å². The van der Waals surface area contributed by atoms with E-state index in [1.54, 1.807) is 0 Å². The molecule has 2 fully saturated rings. The monoisotopic (exact) mass is 255 g/mol. The van der Waals surface area contributed by atoms with Gasteiger partial charge in [0.25, 0.3) is 0 Å². The van der Waals surface area contributed by atoms with Crippen LogP contribution < -0.4 is 5.32 Å². The van der Waals surface area contributed by atoms with Gasteiger partial charge in [0.05, 0.1) is 6.61 Å². The van der Waals surface area contributed by atoms with Crippen LogP contribution in [0, 0.1) is 5.92 Å². The van der Waals surface area contributed by atoms with Crippen molar-refractivity contribution >= 4 is 11.9 Å². The first-order chi connectivity index (χ1) is 8.62. The molecule has 0 aromatic heterocycles. The molecular formula is C13H21NO4. The minimum Gasteiger partial charge on any atom is -0.479 e. The van der Waals surface area contributed by atoms with Crippen LogP contribution >= 0.6 is 0 Å². The number of aliphatic carboxylic acids is 1. The third-order valence-electron chi connectivity index (χ3n) is 4.06. The Hall–Kier alpha value is -1.10. The molecule has 5 nitrogen and oxygen atoms in total. The van der Waals surface area contributed by atoms with E-state index in [1.165, 1.54) is 25.7 Å². The highest BCUT2D eigenvalue weighted by molar-refractivity contribution is 5.87. The lowest BCUT2D eigenvalue weighted by molar-refractivity contribution is -0.147. The number of hydrogen-bond acceptors (Lipinski definition) is 3. The van der Waals surface area contributed by atoms with Crippen molar-refractivity contribution in [3.63, 3.8) is 0 Å². The third kappa shape index (κ3) is 3.02. The number of nitrogens with one attached hydrogen (secondary N) is 1. The van der Waals surface area contributed by atoms with Crippen molar-refractivity contribution < 1.29 is 19.4 Å². The summed E-state index contributed by atoms with van der Waals surface area (Å²) in [4.78, 5) is 23.1. The van der Waals surface area contributed by atoms with E-state index in [4.69, 9.17) is 4.74 Å². The van der Waals surface area contributed by atoms with Crippen LogP contribution in [-0.2, 0) is 14.3 Å². The van der Waals surface area contributed by atoms with Gasteiger partial charge in [-0.3, -0.25) is 4.79 Å². The van der Waals surface area contributed by atoms with Crippen LogP contribution in [0.1, 0.15) is 44.9 Å². The second-order valence-corrected chi connectivity index (χ2v) is 5.43.